The van der Waals surface area contributed by atoms with Crippen LogP contribution in [0.4, 0.5) is 0 Å². The first-order chi connectivity index (χ1) is 5.09. The number of rotatable bonds is 2. The smallest absolute Gasteiger partial charge is 0.413 e. The van der Waals surface area contributed by atoms with Crippen molar-refractivity contribution in [1.29, 1.82) is 0 Å². The minimum atomic E-state index is -0.349. The highest BCUT2D eigenvalue weighted by atomic mass is 16.4. The number of aromatic amines is 1. The van der Waals surface area contributed by atoms with Crippen LogP contribution in [0.1, 0.15) is 25.3 Å². The summed E-state index contributed by atoms with van der Waals surface area (Å²) in [5.41, 5.74) is 0.921. The molecule has 0 amide bonds. The summed E-state index contributed by atoms with van der Waals surface area (Å²) in [6.45, 7) is 6.01. The lowest BCUT2D eigenvalue weighted by atomic mass is 10.1. The van der Waals surface area contributed by atoms with Crippen molar-refractivity contribution in [2.75, 3.05) is 0 Å². The lowest BCUT2D eigenvalue weighted by Gasteiger charge is -2.00. The van der Waals surface area contributed by atoms with E-state index in [1.165, 1.54) is 0 Å². The SMILES string of the molecule is Cc1oc(=O)[nH]c1CC(C)C. The van der Waals surface area contributed by atoms with Gasteiger partial charge in [-0.25, -0.2) is 4.79 Å². The van der Waals surface area contributed by atoms with Crippen LogP contribution in [0.3, 0.4) is 0 Å². The van der Waals surface area contributed by atoms with Crippen LogP contribution >= 0.6 is 0 Å². The number of aryl methyl sites for hydroxylation is 1. The summed E-state index contributed by atoms with van der Waals surface area (Å²) in [5, 5.41) is 0. The maximum atomic E-state index is 10.7. The Kier molecular flexibility index (Phi) is 2.17. The van der Waals surface area contributed by atoms with Gasteiger partial charge >= 0.3 is 5.76 Å². The zero-order valence-corrected chi connectivity index (χ0v) is 7.10. The molecule has 0 aromatic carbocycles. The third kappa shape index (κ3) is 1.97. The highest BCUT2D eigenvalue weighted by molar-refractivity contribution is 5.05. The third-order valence-corrected chi connectivity index (χ3v) is 1.54. The van der Waals surface area contributed by atoms with Gasteiger partial charge in [0.2, 0.25) is 0 Å². The summed E-state index contributed by atoms with van der Waals surface area (Å²) >= 11 is 0. The van der Waals surface area contributed by atoms with Crippen LogP contribution in [-0.2, 0) is 6.42 Å². The Hall–Kier alpha value is -0.990. The summed E-state index contributed by atoms with van der Waals surface area (Å²) in [6.07, 6.45) is 0.873. The number of hydrogen-bond donors (Lipinski definition) is 1. The van der Waals surface area contributed by atoms with Crippen molar-refractivity contribution in [3.8, 4) is 0 Å². The van der Waals surface area contributed by atoms with Crippen molar-refractivity contribution >= 4 is 0 Å². The van der Waals surface area contributed by atoms with E-state index in [0.29, 0.717) is 11.7 Å². The highest BCUT2D eigenvalue weighted by Gasteiger charge is 2.05. The minimum absolute atomic E-state index is 0.349. The molecule has 62 valence electrons. The Morgan fingerprint density at radius 2 is 2.18 bits per heavy atom. The molecule has 0 atom stereocenters. The average molecular weight is 155 g/mol. The van der Waals surface area contributed by atoms with E-state index in [4.69, 9.17) is 4.42 Å². The number of oxazole rings is 1. The lowest BCUT2D eigenvalue weighted by molar-refractivity contribution is 0.485. The molecule has 11 heavy (non-hydrogen) atoms. The first-order valence-electron chi connectivity index (χ1n) is 3.78. The molecule has 3 nitrogen and oxygen atoms in total. The fourth-order valence-corrected chi connectivity index (χ4v) is 1.04. The second-order valence-electron chi connectivity index (χ2n) is 3.15. The summed E-state index contributed by atoms with van der Waals surface area (Å²) in [6, 6.07) is 0. The first kappa shape index (κ1) is 8.11. The molecule has 0 unspecified atom stereocenters. The summed E-state index contributed by atoms with van der Waals surface area (Å²) in [5.74, 6) is 0.906. The lowest BCUT2D eigenvalue weighted by Crippen LogP contribution is -2.00. The Labute approximate surface area is 65.4 Å². The zero-order chi connectivity index (χ0) is 8.43. The Morgan fingerprint density at radius 3 is 2.55 bits per heavy atom. The molecule has 1 heterocycles. The Balaban J connectivity index is 2.86. The van der Waals surface area contributed by atoms with Crippen LogP contribution in [0.5, 0.6) is 0 Å². The van der Waals surface area contributed by atoms with E-state index >= 15 is 0 Å². The predicted octanol–water partition coefficient (Wildman–Crippen LogP) is 1.47. The molecule has 1 aromatic rings. The van der Waals surface area contributed by atoms with E-state index in [1.54, 1.807) is 6.92 Å². The molecule has 1 N–H and O–H groups in total. The van der Waals surface area contributed by atoms with Crippen molar-refractivity contribution in [2.45, 2.75) is 27.2 Å². The largest absolute Gasteiger partial charge is 0.416 e. The maximum absolute atomic E-state index is 10.7. The van der Waals surface area contributed by atoms with Crippen molar-refractivity contribution < 1.29 is 4.42 Å². The molecule has 0 saturated carbocycles. The van der Waals surface area contributed by atoms with Gasteiger partial charge in [-0.15, -0.1) is 0 Å². The second kappa shape index (κ2) is 2.95. The number of H-pyrrole nitrogens is 1. The molecule has 1 rings (SSSR count). The van der Waals surface area contributed by atoms with E-state index < -0.39 is 0 Å². The number of aromatic nitrogens is 1. The van der Waals surface area contributed by atoms with Gasteiger partial charge in [-0.1, -0.05) is 13.8 Å². The molecule has 0 spiro atoms. The molecule has 1 aromatic heterocycles. The van der Waals surface area contributed by atoms with Crippen molar-refractivity contribution in [2.24, 2.45) is 5.92 Å². The number of hydrogen-bond acceptors (Lipinski definition) is 2. The molecular formula is C8H13NO2. The van der Waals surface area contributed by atoms with Crippen LogP contribution in [0, 0.1) is 12.8 Å². The van der Waals surface area contributed by atoms with Gasteiger partial charge in [0.15, 0.2) is 0 Å². The van der Waals surface area contributed by atoms with Gasteiger partial charge in [0.25, 0.3) is 0 Å². The van der Waals surface area contributed by atoms with E-state index in [1.807, 2.05) is 0 Å². The monoisotopic (exact) mass is 155 g/mol. The van der Waals surface area contributed by atoms with Crippen LogP contribution in [0.15, 0.2) is 9.21 Å². The van der Waals surface area contributed by atoms with E-state index in [0.717, 1.165) is 12.1 Å². The highest BCUT2D eigenvalue weighted by Crippen LogP contribution is 2.07. The van der Waals surface area contributed by atoms with Gasteiger partial charge < -0.3 is 4.42 Å². The van der Waals surface area contributed by atoms with Gasteiger partial charge in [0.1, 0.15) is 5.76 Å². The first-order valence-corrected chi connectivity index (χ1v) is 3.78. The number of nitrogens with one attached hydrogen (secondary N) is 1. The van der Waals surface area contributed by atoms with Gasteiger partial charge in [-0.3, -0.25) is 4.98 Å². The quantitative estimate of drug-likeness (QED) is 0.703. The summed E-state index contributed by atoms with van der Waals surface area (Å²) in [7, 11) is 0. The molecule has 0 aliphatic heterocycles. The van der Waals surface area contributed by atoms with Gasteiger partial charge in [0, 0.05) is 0 Å². The van der Waals surface area contributed by atoms with E-state index in [-0.39, 0.29) is 5.76 Å². The Bertz CT molecular complexity index is 283. The van der Waals surface area contributed by atoms with Crippen molar-refractivity contribution in [3.05, 3.63) is 22.0 Å². The third-order valence-electron chi connectivity index (χ3n) is 1.54. The van der Waals surface area contributed by atoms with Crippen LogP contribution in [0.25, 0.3) is 0 Å². The van der Waals surface area contributed by atoms with E-state index in [9.17, 15) is 4.79 Å². The Morgan fingerprint density at radius 1 is 1.55 bits per heavy atom. The zero-order valence-electron chi connectivity index (χ0n) is 7.10. The average Bonchev–Trinajstić information content (AvgIpc) is 2.09. The molecule has 0 bridgehead atoms. The fraction of sp³-hybridized carbons (Fsp3) is 0.625. The fourth-order valence-electron chi connectivity index (χ4n) is 1.04. The van der Waals surface area contributed by atoms with Crippen LogP contribution in [-0.4, -0.2) is 4.98 Å². The second-order valence-corrected chi connectivity index (χ2v) is 3.15. The minimum Gasteiger partial charge on any atom is -0.413 e. The molecule has 0 aliphatic rings. The predicted molar refractivity (Wildman–Crippen MR) is 42.6 cm³/mol. The van der Waals surface area contributed by atoms with Crippen molar-refractivity contribution in [3.63, 3.8) is 0 Å². The summed E-state index contributed by atoms with van der Waals surface area (Å²) in [4.78, 5) is 13.3. The molecule has 0 radical (unpaired) electrons. The van der Waals surface area contributed by atoms with E-state index in [2.05, 4.69) is 18.8 Å². The maximum Gasteiger partial charge on any atom is 0.416 e. The molecule has 0 fully saturated rings. The van der Waals surface area contributed by atoms with Gasteiger partial charge in [0.05, 0.1) is 5.69 Å². The molecule has 3 heteroatoms. The molecule has 0 aliphatic carbocycles. The molecule has 0 saturated heterocycles. The van der Waals surface area contributed by atoms with Crippen LogP contribution in [0.2, 0.25) is 0 Å². The van der Waals surface area contributed by atoms with Crippen molar-refractivity contribution in [1.82, 2.24) is 4.98 Å². The normalized spacial score (nSPS) is 10.9. The summed E-state index contributed by atoms with van der Waals surface area (Å²) < 4.78 is 4.80. The van der Waals surface area contributed by atoms with Gasteiger partial charge in [-0.2, -0.15) is 0 Å². The van der Waals surface area contributed by atoms with Gasteiger partial charge in [-0.05, 0) is 19.3 Å². The van der Waals surface area contributed by atoms with Crippen LogP contribution < -0.4 is 5.76 Å². The standard InChI is InChI=1S/C8H13NO2/c1-5(2)4-7-6(3)11-8(10)9-7/h5H,4H2,1-3H3,(H,9,10). The topological polar surface area (TPSA) is 46.0 Å². The molecular weight excluding hydrogens is 142 g/mol.